The van der Waals surface area contributed by atoms with Crippen LogP contribution in [0.2, 0.25) is 8.93 Å². The van der Waals surface area contributed by atoms with Crippen molar-refractivity contribution in [2.75, 3.05) is 0 Å². The lowest BCUT2D eigenvalue weighted by atomic mass is 9.96. The Labute approximate surface area is 155 Å². The smallest absolute Gasteiger partial charge is 0.233 e. The molecular weight excluding hydrogens is 387 g/mol. The van der Waals surface area contributed by atoms with Gasteiger partial charge in [0.1, 0.15) is 6.33 Å². The molecule has 0 atom stereocenters. The molecule has 0 saturated heterocycles. The van der Waals surface area contributed by atoms with Gasteiger partial charge in [-0.25, -0.2) is 19.5 Å². The van der Waals surface area contributed by atoms with E-state index in [2.05, 4.69) is 25.0 Å². The van der Waals surface area contributed by atoms with Crippen molar-refractivity contribution in [2.45, 2.75) is 18.8 Å². The molecule has 24 heavy (non-hydrogen) atoms. The van der Waals surface area contributed by atoms with Gasteiger partial charge in [0.15, 0.2) is 8.93 Å². The van der Waals surface area contributed by atoms with Gasteiger partial charge in [0.25, 0.3) is 5.78 Å². The number of thiazole rings is 2. The minimum Gasteiger partial charge on any atom is -0.233 e. The highest BCUT2D eigenvalue weighted by Crippen LogP contribution is 2.31. The Balaban J connectivity index is 1.72. The fourth-order valence-corrected chi connectivity index (χ4v) is 4.70. The Morgan fingerprint density at radius 2 is 1.62 bits per heavy atom. The number of aromatic nitrogens is 6. The summed E-state index contributed by atoms with van der Waals surface area (Å²) in [6, 6.07) is 1.97. The first-order valence-electron chi connectivity index (χ1n) is 7.04. The number of hydrogen-bond donors (Lipinski definition) is 0. The van der Waals surface area contributed by atoms with Gasteiger partial charge in [0.05, 0.1) is 5.69 Å². The summed E-state index contributed by atoms with van der Waals surface area (Å²) in [6.45, 7) is 0. The van der Waals surface area contributed by atoms with Gasteiger partial charge in [0.2, 0.25) is 0 Å². The lowest BCUT2D eigenvalue weighted by Gasteiger charge is -2.16. The van der Waals surface area contributed by atoms with Crippen LogP contribution in [0.1, 0.15) is 21.4 Å². The normalized spacial score (nSPS) is 11.6. The van der Waals surface area contributed by atoms with E-state index < -0.39 is 0 Å². The highest BCUT2D eigenvalue weighted by atomic mass is 35.5. The van der Waals surface area contributed by atoms with Gasteiger partial charge in [-0.15, -0.1) is 22.7 Å². The second kappa shape index (κ2) is 6.72. The summed E-state index contributed by atoms with van der Waals surface area (Å²) in [4.78, 5) is 18.9. The van der Waals surface area contributed by atoms with Crippen LogP contribution in [-0.4, -0.2) is 29.5 Å². The van der Waals surface area contributed by atoms with Crippen molar-refractivity contribution < 1.29 is 0 Å². The Morgan fingerprint density at radius 3 is 2.21 bits per heavy atom. The van der Waals surface area contributed by atoms with E-state index in [0.29, 0.717) is 14.7 Å². The summed E-state index contributed by atoms with van der Waals surface area (Å²) in [5.74, 6) is 0.743. The molecule has 4 aromatic heterocycles. The molecule has 0 aromatic carbocycles. The maximum atomic E-state index is 5.98. The molecule has 0 unspecified atom stereocenters. The van der Waals surface area contributed by atoms with Crippen LogP contribution in [0.4, 0.5) is 0 Å². The minimum atomic E-state index is 0.158. The van der Waals surface area contributed by atoms with Crippen LogP contribution in [0.15, 0.2) is 31.0 Å². The molecule has 4 rings (SSSR count). The molecule has 0 N–H and O–H groups in total. The molecule has 0 aliphatic carbocycles. The van der Waals surface area contributed by atoms with E-state index in [9.17, 15) is 0 Å². The van der Waals surface area contributed by atoms with Crippen molar-refractivity contribution in [3.8, 4) is 0 Å². The molecule has 4 heterocycles. The average molecular weight is 397 g/mol. The molecule has 6 nitrogen and oxygen atoms in total. The Morgan fingerprint density at radius 1 is 0.958 bits per heavy atom. The Bertz CT molecular complexity index is 936. The van der Waals surface area contributed by atoms with Crippen LogP contribution in [0, 0.1) is 0 Å². The minimum absolute atomic E-state index is 0.158. The van der Waals surface area contributed by atoms with Crippen LogP contribution in [-0.2, 0) is 12.8 Å². The van der Waals surface area contributed by atoms with Gasteiger partial charge in [-0.1, -0.05) is 23.2 Å². The number of hydrogen-bond acceptors (Lipinski definition) is 7. The zero-order valence-corrected chi connectivity index (χ0v) is 15.3. The summed E-state index contributed by atoms with van der Waals surface area (Å²) in [5, 5.41) is 4.30. The van der Waals surface area contributed by atoms with E-state index in [1.54, 1.807) is 10.7 Å². The van der Waals surface area contributed by atoms with Crippen LogP contribution in [0.5, 0.6) is 0 Å². The number of nitrogens with zero attached hydrogens (tertiary/aromatic N) is 6. The molecule has 122 valence electrons. The maximum absolute atomic E-state index is 5.98. The maximum Gasteiger partial charge on any atom is 0.252 e. The van der Waals surface area contributed by atoms with Crippen molar-refractivity contribution in [1.29, 1.82) is 0 Å². The summed E-state index contributed by atoms with van der Waals surface area (Å²) in [7, 11) is 0. The predicted octanol–water partition coefficient (Wildman–Crippen LogP) is 3.91. The topological polar surface area (TPSA) is 68.9 Å². The molecule has 0 fully saturated rings. The molecule has 0 saturated carbocycles. The third-order valence-corrected chi connectivity index (χ3v) is 5.85. The van der Waals surface area contributed by atoms with Crippen LogP contribution >= 0.6 is 45.9 Å². The van der Waals surface area contributed by atoms with E-state index in [4.69, 9.17) is 23.2 Å². The zero-order chi connectivity index (χ0) is 16.5. The van der Waals surface area contributed by atoms with Crippen LogP contribution in [0.25, 0.3) is 5.78 Å². The molecular formula is C14H10Cl2N6S2. The van der Waals surface area contributed by atoms with E-state index in [1.165, 1.54) is 29.0 Å². The third kappa shape index (κ3) is 3.27. The zero-order valence-electron chi connectivity index (χ0n) is 12.1. The molecule has 4 aromatic rings. The molecule has 0 bridgehead atoms. The van der Waals surface area contributed by atoms with Gasteiger partial charge >= 0.3 is 0 Å². The second-order valence-electron chi connectivity index (χ2n) is 5.11. The molecule has 10 heteroatoms. The van der Waals surface area contributed by atoms with Crippen LogP contribution in [0.3, 0.4) is 0 Å². The van der Waals surface area contributed by atoms with Crippen LogP contribution < -0.4 is 0 Å². The van der Waals surface area contributed by atoms with E-state index in [0.717, 1.165) is 28.3 Å². The standard InChI is InChI=1S/C14H10Cl2N6S2/c15-12-18-5-9(23-12)3-8(4-10-6-19-13(16)24-10)11-1-2-17-14-20-7-21-22(11)14/h1-2,5-8H,3-4H2. The highest BCUT2D eigenvalue weighted by molar-refractivity contribution is 7.16. The van der Waals surface area contributed by atoms with E-state index in [-0.39, 0.29) is 5.92 Å². The molecule has 0 amide bonds. The first-order chi connectivity index (χ1) is 11.7. The lowest BCUT2D eigenvalue weighted by Crippen LogP contribution is -2.11. The van der Waals surface area contributed by atoms with Crippen molar-refractivity contribution in [3.63, 3.8) is 0 Å². The van der Waals surface area contributed by atoms with E-state index in [1.807, 2.05) is 18.5 Å². The second-order valence-corrected chi connectivity index (χ2v) is 8.50. The SMILES string of the molecule is Clc1ncc(CC(Cc2cnc(Cl)s2)c2ccnc3ncnn23)s1. The molecule has 0 spiro atoms. The monoisotopic (exact) mass is 396 g/mol. The van der Waals surface area contributed by atoms with Gasteiger partial charge in [-0.05, 0) is 18.9 Å². The fourth-order valence-electron chi connectivity index (χ4n) is 2.59. The summed E-state index contributed by atoms with van der Waals surface area (Å²) < 4.78 is 2.87. The van der Waals surface area contributed by atoms with Gasteiger partial charge < -0.3 is 0 Å². The van der Waals surface area contributed by atoms with Crippen molar-refractivity contribution in [3.05, 3.63) is 55.4 Å². The van der Waals surface area contributed by atoms with E-state index >= 15 is 0 Å². The average Bonchev–Trinajstić information content (AvgIpc) is 3.28. The van der Waals surface area contributed by atoms with Crippen molar-refractivity contribution >= 4 is 51.7 Å². The molecule has 0 aliphatic rings. The first-order valence-corrected chi connectivity index (χ1v) is 9.43. The number of rotatable bonds is 5. The Kier molecular flexibility index (Phi) is 4.45. The summed E-state index contributed by atoms with van der Waals surface area (Å²) in [5.41, 5.74) is 1.03. The highest BCUT2D eigenvalue weighted by Gasteiger charge is 2.20. The van der Waals surface area contributed by atoms with Crippen molar-refractivity contribution in [2.24, 2.45) is 0 Å². The first kappa shape index (κ1) is 15.9. The van der Waals surface area contributed by atoms with Crippen molar-refractivity contribution in [1.82, 2.24) is 29.5 Å². The third-order valence-electron chi connectivity index (χ3n) is 3.57. The number of fused-ring (bicyclic) bond motifs is 1. The Hall–Kier alpha value is -1.61. The fraction of sp³-hybridized carbons (Fsp3) is 0.214. The molecule has 0 aliphatic heterocycles. The molecule has 0 radical (unpaired) electrons. The largest absolute Gasteiger partial charge is 0.252 e. The summed E-state index contributed by atoms with van der Waals surface area (Å²) in [6.07, 6.45) is 8.48. The van der Waals surface area contributed by atoms with Gasteiger partial charge in [-0.2, -0.15) is 10.1 Å². The van der Waals surface area contributed by atoms with Gasteiger partial charge in [-0.3, -0.25) is 0 Å². The van der Waals surface area contributed by atoms with Gasteiger partial charge in [0, 0.05) is 34.3 Å². The quantitative estimate of drug-likeness (QED) is 0.511. The lowest BCUT2D eigenvalue weighted by molar-refractivity contribution is 0.638. The predicted molar refractivity (Wildman–Crippen MR) is 95.2 cm³/mol. The summed E-state index contributed by atoms with van der Waals surface area (Å²) >= 11 is 14.9. The number of halogens is 2.